The summed E-state index contributed by atoms with van der Waals surface area (Å²) in [6, 6.07) is 11.9. The van der Waals surface area contributed by atoms with Crippen LogP contribution in [0.2, 0.25) is 0 Å². The van der Waals surface area contributed by atoms with E-state index in [0.717, 1.165) is 36.8 Å². The quantitative estimate of drug-likeness (QED) is 0.329. The van der Waals surface area contributed by atoms with E-state index in [-0.39, 0.29) is 5.82 Å². The third-order valence-electron chi connectivity index (χ3n) is 6.71. The molecule has 0 saturated carbocycles. The molecule has 2 aliphatic rings. The third kappa shape index (κ3) is 8.26. The Labute approximate surface area is 228 Å². The summed E-state index contributed by atoms with van der Waals surface area (Å²) in [5.74, 6) is 0.219. The molecular formula is C34H42FNO2. The molecule has 2 aromatic carbocycles. The average Bonchev–Trinajstić information content (AvgIpc) is 3.09. The number of rotatable bonds is 4. The summed E-state index contributed by atoms with van der Waals surface area (Å²) in [5.41, 5.74) is 10.5. The molecule has 4 heteroatoms. The van der Waals surface area contributed by atoms with Gasteiger partial charge in [-0.2, -0.15) is 0 Å². The second-order valence-electron chi connectivity index (χ2n) is 9.66. The van der Waals surface area contributed by atoms with Crippen molar-refractivity contribution in [2.75, 3.05) is 21.2 Å². The number of aryl methyl sites for hydroxylation is 2. The third-order valence-corrected chi connectivity index (χ3v) is 6.71. The van der Waals surface area contributed by atoms with Gasteiger partial charge in [-0.05, 0) is 100 Å². The van der Waals surface area contributed by atoms with Crippen LogP contribution in [-0.2, 0) is 9.53 Å². The molecule has 0 amide bonds. The van der Waals surface area contributed by atoms with Gasteiger partial charge in [0, 0.05) is 11.5 Å². The van der Waals surface area contributed by atoms with Crippen LogP contribution in [0.25, 0.3) is 17.2 Å². The Kier molecular flexibility index (Phi) is 12.7. The highest BCUT2D eigenvalue weighted by Crippen LogP contribution is 2.40. The molecule has 1 atom stereocenters. The summed E-state index contributed by atoms with van der Waals surface area (Å²) in [6.07, 6.45) is 15.0. The predicted octanol–water partition coefficient (Wildman–Crippen LogP) is 8.25. The summed E-state index contributed by atoms with van der Waals surface area (Å²) in [7, 11) is 5.06. The van der Waals surface area contributed by atoms with Crippen LogP contribution in [0.3, 0.4) is 0 Å². The molecule has 0 heterocycles. The van der Waals surface area contributed by atoms with Gasteiger partial charge < -0.3 is 10.1 Å². The molecule has 0 aromatic heterocycles. The van der Waals surface area contributed by atoms with Gasteiger partial charge in [0.2, 0.25) is 0 Å². The first-order valence-corrected chi connectivity index (χ1v) is 13.1. The number of halogens is 1. The summed E-state index contributed by atoms with van der Waals surface area (Å²) >= 11 is 0. The van der Waals surface area contributed by atoms with Crippen LogP contribution in [0.4, 0.5) is 4.39 Å². The van der Waals surface area contributed by atoms with E-state index in [1.165, 1.54) is 40.5 Å². The molecule has 0 spiro atoms. The Morgan fingerprint density at radius 2 is 1.79 bits per heavy atom. The number of benzene rings is 2. The molecule has 1 unspecified atom stereocenters. The first-order valence-electron chi connectivity index (χ1n) is 13.1. The van der Waals surface area contributed by atoms with Gasteiger partial charge >= 0.3 is 0 Å². The first kappa shape index (κ1) is 30.7. The Balaban J connectivity index is 0.000000650. The van der Waals surface area contributed by atoms with Gasteiger partial charge in [-0.15, -0.1) is 0 Å². The van der Waals surface area contributed by atoms with Crippen LogP contribution in [0.5, 0.6) is 0 Å². The average molecular weight is 516 g/mol. The Bertz CT molecular complexity index is 1230. The van der Waals surface area contributed by atoms with Gasteiger partial charge in [0.25, 0.3) is 6.47 Å². The Morgan fingerprint density at radius 3 is 2.42 bits per heavy atom. The van der Waals surface area contributed by atoms with Crippen molar-refractivity contribution in [3.05, 3.63) is 112 Å². The van der Waals surface area contributed by atoms with Gasteiger partial charge in [0.15, 0.2) is 0 Å². The van der Waals surface area contributed by atoms with E-state index in [9.17, 15) is 4.39 Å². The standard InChI is InChI=1S/C30H31F.C2H7N.C2H4O2/c1-5-23-10-8-14-29(31)30(23)25-12-7-13-27-21(3)9-6-11-24(18-26(27)19-25)28-16-15-20(2)17-22(28)4;1-3-2;1-4-2-3/h5,8-11,14-19,27H,1,6-7,12-13H2,2-4H3;3H,1-2H3;2H,1H3/b21-9?,24-11+,26-18-;;. The van der Waals surface area contributed by atoms with Crippen molar-refractivity contribution in [1.82, 2.24) is 5.32 Å². The predicted molar refractivity (Wildman–Crippen MR) is 160 cm³/mol. The fourth-order valence-electron chi connectivity index (χ4n) is 4.99. The van der Waals surface area contributed by atoms with Crippen molar-refractivity contribution in [3.63, 3.8) is 0 Å². The van der Waals surface area contributed by atoms with Crippen LogP contribution in [0.15, 0.2) is 78.4 Å². The lowest BCUT2D eigenvalue weighted by Crippen LogP contribution is -2.06. The summed E-state index contributed by atoms with van der Waals surface area (Å²) in [6.45, 7) is 10.8. The van der Waals surface area contributed by atoms with Crippen molar-refractivity contribution < 1.29 is 13.9 Å². The molecule has 38 heavy (non-hydrogen) atoms. The molecule has 0 fully saturated rings. The van der Waals surface area contributed by atoms with Crippen molar-refractivity contribution in [3.8, 4) is 0 Å². The number of carbonyl (C=O) groups is 1. The van der Waals surface area contributed by atoms with Crippen LogP contribution in [0.1, 0.15) is 60.4 Å². The smallest absolute Gasteiger partial charge is 0.292 e. The van der Waals surface area contributed by atoms with Crippen LogP contribution in [0, 0.1) is 25.6 Å². The zero-order valence-electron chi connectivity index (χ0n) is 23.7. The monoisotopic (exact) mass is 515 g/mol. The van der Waals surface area contributed by atoms with Crippen LogP contribution in [-0.4, -0.2) is 27.7 Å². The summed E-state index contributed by atoms with van der Waals surface area (Å²) < 4.78 is 18.8. The summed E-state index contributed by atoms with van der Waals surface area (Å²) in [4.78, 5) is 8.95. The second kappa shape index (κ2) is 15.7. The van der Waals surface area contributed by atoms with E-state index < -0.39 is 0 Å². The lowest BCUT2D eigenvalue weighted by molar-refractivity contribution is -0.126. The van der Waals surface area contributed by atoms with E-state index in [1.54, 1.807) is 18.2 Å². The van der Waals surface area contributed by atoms with Gasteiger partial charge in [0.05, 0.1) is 7.11 Å². The molecule has 202 valence electrons. The molecule has 4 rings (SSSR count). The molecule has 2 aliphatic carbocycles. The topological polar surface area (TPSA) is 38.3 Å². The van der Waals surface area contributed by atoms with Crippen LogP contribution >= 0.6 is 0 Å². The number of methoxy groups -OCH3 is 1. The van der Waals surface area contributed by atoms with Gasteiger partial charge in [0.1, 0.15) is 5.82 Å². The highest BCUT2D eigenvalue weighted by atomic mass is 19.1. The maximum Gasteiger partial charge on any atom is 0.292 e. The zero-order chi connectivity index (χ0) is 28.1. The van der Waals surface area contributed by atoms with Crippen molar-refractivity contribution >= 4 is 23.7 Å². The summed E-state index contributed by atoms with van der Waals surface area (Å²) in [5, 5.41) is 2.75. The first-order chi connectivity index (χ1) is 18.3. The number of carbonyl (C=O) groups excluding carboxylic acids is 1. The van der Waals surface area contributed by atoms with Gasteiger partial charge in [-0.25, -0.2) is 4.39 Å². The van der Waals surface area contributed by atoms with Gasteiger partial charge in [-0.3, -0.25) is 4.79 Å². The molecule has 0 aliphatic heterocycles. The number of fused-ring (bicyclic) bond motifs is 1. The maximum atomic E-state index is 14.9. The fraction of sp³-hybridized carbons (Fsp3) is 0.324. The zero-order valence-corrected chi connectivity index (χ0v) is 23.7. The highest BCUT2D eigenvalue weighted by molar-refractivity contribution is 5.81. The van der Waals surface area contributed by atoms with E-state index in [1.807, 2.05) is 20.2 Å². The minimum atomic E-state index is -0.161. The molecular weight excluding hydrogens is 473 g/mol. The SMILES string of the molecule is C=Cc1cccc(F)c1C1=C/C2=C/C(c3ccc(C)cc3C)=C\CC=C(C)C2CCC1.CNC.COC=O. The Hall–Kier alpha value is -3.50. The van der Waals surface area contributed by atoms with Gasteiger partial charge in [-0.1, -0.05) is 78.4 Å². The normalized spacial score (nSPS) is 19.3. The molecule has 1 N–H and O–H groups in total. The lowest BCUT2D eigenvalue weighted by atomic mass is 9.84. The molecule has 3 nitrogen and oxygen atoms in total. The number of hydrogen-bond donors (Lipinski definition) is 1. The van der Waals surface area contributed by atoms with Crippen molar-refractivity contribution in [2.45, 2.75) is 46.5 Å². The van der Waals surface area contributed by atoms with Crippen molar-refractivity contribution in [1.29, 1.82) is 0 Å². The minimum Gasteiger partial charge on any atom is -0.471 e. The molecule has 2 aromatic rings. The fourth-order valence-corrected chi connectivity index (χ4v) is 4.99. The molecule has 0 bridgehead atoms. The molecule has 0 radical (unpaired) electrons. The van der Waals surface area contributed by atoms with Crippen LogP contribution < -0.4 is 5.32 Å². The van der Waals surface area contributed by atoms with Crippen molar-refractivity contribution in [2.24, 2.45) is 5.92 Å². The molecule has 0 saturated heterocycles. The minimum absolute atomic E-state index is 0.161. The second-order valence-corrected chi connectivity index (χ2v) is 9.66. The number of allylic oxidation sites excluding steroid dienone is 8. The maximum absolute atomic E-state index is 14.9. The number of nitrogens with one attached hydrogen (secondary N) is 1. The highest BCUT2D eigenvalue weighted by Gasteiger charge is 2.23. The number of ether oxygens (including phenoxy) is 1. The Morgan fingerprint density at radius 1 is 1.08 bits per heavy atom. The van der Waals surface area contributed by atoms with E-state index in [2.05, 4.69) is 79.9 Å². The number of hydrogen-bond acceptors (Lipinski definition) is 3. The van der Waals surface area contributed by atoms with E-state index in [0.29, 0.717) is 18.0 Å². The van der Waals surface area contributed by atoms with E-state index in [4.69, 9.17) is 4.79 Å². The largest absolute Gasteiger partial charge is 0.471 e. The lowest BCUT2D eigenvalue weighted by Gasteiger charge is -2.21. The van der Waals surface area contributed by atoms with E-state index >= 15 is 0 Å².